The fourth-order valence-corrected chi connectivity index (χ4v) is 9.49. The Labute approximate surface area is 360 Å². The zero-order valence-corrected chi connectivity index (χ0v) is 33.9. The van der Waals surface area contributed by atoms with Crippen molar-refractivity contribution in [2.75, 3.05) is 4.90 Å². The van der Waals surface area contributed by atoms with Gasteiger partial charge in [-0.1, -0.05) is 176 Å². The zero-order valence-electron chi connectivity index (χ0n) is 33.9. The number of hydrogen-bond donors (Lipinski definition) is 0. The second kappa shape index (κ2) is 14.8. The van der Waals surface area contributed by atoms with Gasteiger partial charge in [-0.15, -0.1) is 0 Å². The molecule has 2 nitrogen and oxygen atoms in total. The van der Waals surface area contributed by atoms with Crippen LogP contribution in [0.4, 0.5) is 17.1 Å². The van der Waals surface area contributed by atoms with Gasteiger partial charge in [0.1, 0.15) is 11.2 Å². The lowest BCUT2D eigenvalue weighted by molar-refractivity contribution is 0.669. The van der Waals surface area contributed by atoms with Gasteiger partial charge >= 0.3 is 0 Å². The minimum Gasteiger partial charge on any atom is -0.456 e. The fourth-order valence-electron chi connectivity index (χ4n) is 9.49. The van der Waals surface area contributed by atoms with E-state index in [0.29, 0.717) is 0 Å². The summed E-state index contributed by atoms with van der Waals surface area (Å²) in [6.07, 6.45) is 0. The first-order chi connectivity index (χ1) is 30.7. The van der Waals surface area contributed by atoms with Crippen LogP contribution in [0.1, 0.15) is 0 Å². The molecule has 0 unspecified atom stereocenters. The standard InChI is InChI=1S/C60H39NO/c1-4-15-40(16-5-1)44-27-28-46-37-49(31-29-45(46)35-44)61(50-32-34-54-53-24-12-13-26-57(53)62-58(54)39-50)48-22-14-21-43(36-48)47-30-33-52-51-23-10-11-25-55(51)59(41-17-6-2-7-18-41)60(56(52)38-47)42-19-8-3-9-20-42/h1-39H. The highest BCUT2D eigenvalue weighted by Gasteiger charge is 2.20. The van der Waals surface area contributed by atoms with Crippen LogP contribution in [0.5, 0.6) is 0 Å². The molecule has 62 heavy (non-hydrogen) atoms. The predicted octanol–water partition coefficient (Wildman–Crippen LogP) is 17.2. The van der Waals surface area contributed by atoms with Crippen molar-refractivity contribution >= 4 is 71.3 Å². The second-order valence-electron chi connectivity index (χ2n) is 16.1. The number of benzene rings is 11. The smallest absolute Gasteiger partial charge is 0.137 e. The lowest BCUT2D eigenvalue weighted by atomic mass is 9.84. The van der Waals surface area contributed by atoms with Crippen LogP contribution >= 0.6 is 0 Å². The van der Waals surface area contributed by atoms with E-state index in [0.717, 1.165) is 50.1 Å². The second-order valence-corrected chi connectivity index (χ2v) is 16.1. The maximum atomic E-state index is 6.47. The Bertz CT molecular complexity index is 3630. The minimum atomic E-state index is 0.863. The summed E-state index contributed by atoms with van der Waals surface area (Å²) in [5.74, 6) is 0. The summed E-state index contributed by atoms with van der Waals surface area (Å²) in [4.78, 5) is 2.36. The molecule has 290 valence electrons. The number of furan rings is 1. The molecule has 1 heterocycles. The third-order valence-corrected chi connectivity index (χ3v) is 12.4. The van der Waals surface area contributed by atoms with Crippen molar-refractivity contribution in [1.82, 2.24) is 0 Å². The van der Waals surface area contributed by atoms with E-state index in [1.165, 1.54) is 65.7 Å². The number of hydrogen-bond acceptors (Lipinski definition) is 2. The average molecular weight is 790 g/mol. The van der Waals surface area contributed by atoms with Gasteiger partial charge in [-0.3, -0.25) is 0 Å². The van der Waals surface area contributed by atoms with Crippen LogP contribution in [-0.4, -0.2) is 0 Å². The number of rotatable bonds is 7. The summed E-state index contributed by atoms with van der Waals surface area (Å²) in [5.41, 5.74) is 14.5. The van der Waals surface area contributed by atoms with Crippen molar-refractivity contribution in [3.8, 4) is 44.5 Å². The quantitative estimate of drug-likeness (QED) is 0.150. The van der Waals surface area contributed by atoms with Gasteiger partial charge in [0.25, 0.3) is 0 Å². The van der Waals surface area contributed by atoms with Crippen LogP contribution in [0.3, 0.4) is 0 Å². The molecule has 0 saturated carbocycles. The molecule has 12 rings (SSSR count). The van der Waals surface area contributed by atoms with Crippen molar-refractivity contribution in [3.05, 3.63) is 237 Å². The largest absolute Gasteiger partial charge is 0.456 e. The number of fused-ring (bicyclic) bond motifs is 7. The molecule has 0 atom stereocenters. The van der Waals surface area contributed by atoms with Crippen LogP contribution in [-0.2, 0) is 0 Å². The molecule has 1 aromatic heterocycles. The van der Waals surface area contributed by atoms with Crippen molar-refractivity contribution in [3.63, 3.8) is 0 Å². The summed E-state index contributed by atoms with van der Waals surface area (Å²) in [6, 6.07) is 85.5. The summed E-state index contributed by atoms with van der Waals surface area (Å²) in [6.45, 7) is 0. The first-order valence-corrected chi connectivity index (χ1v) is 21.2. The molecule has 11 aromatic carbocycles. The summed E-state index contributed by atoms with van der Waals surface area (Å²) in [5, 5.41) is 9.58. The van der Waals surface area contributed by atoms with E-state index in [2.05, 4.69) is 229 Å². The first-order valence-electron chi connectivity index (χ1n) is 21.2. The Balaban J connectivity index is 1.04. The van der Waals surface area contributed by atoms with E-state index >= 15 is 0 Å². The average Bonchev–Trinajstić information content (AvgIpc) is 3.72. The van der Waals surface area contributed by atoms with Crippen molar-refractivity contribution in [2.24, 2.45) is 0 Å². The van der Waals surface area contributed by atoms with Gasteiger partial charge in [-0.05, 0) is 131 Å². The molecule has 0 fully saturated rings. The SMILES string of the molecule is c1ccc(-c2ccc3cc(N(c4cccc(-c5ccc6c(c5)c(-c5ccccc5)c(-c5ccccc5)c5ccccc56)c4)c4ccc5c(c4)oc4ccccc45)ccc3c2)cc1. The molecule has 0 N–H and O–H groups in total. The van der Waals surface area contributed by atoms with Crippen LogP contribution in [0.2, 0.25) is 0 Å². The Kier molecular flexibility index (Phi) is 8.53. The Hall–Kier alpha value is -8.20. The number of nitrogens with zero attached hydrogens (tertiary/aromatic N) is 1. The van der Waals surface area contributed by atoms with Gasteiger partial charge < -0.3 is 9.32 Å². The van der Waals surface area contributed by atoms with Gasteiger partial charge in [-0.25, -0.2) is 0 Å². The van der Waals surface area contributed by atoms with Crippen molar-refractivity contribution in [1.29, 1.82) is 0 Å². The molecule has 12 aromatic rings. The molecule has 0 aliphatic carbocycles. The molecule has 0 aliphatic rings. The molecule has 0 bridgehead atoms. The van der Waals surface area contributed by atoms with Gasteiger partial charge in [0, 0.05) is 33.9 Å². The highest BCUT2D eigenvalue weighted by atomic mass is 16.3. The predicted molar refractivity (Wildman–Crippen MR) is 263 cm³/mol. The molecule has 0 amide bonds. The normalized spacial score (nSPS) is 11.5. The van der Waals surface area contributed by atoms with E-state index < -0.39 is 0 Å². The van der Waals surface area contributed by atoms with E-state index in [1.807, 2.05) is 12.1 Å². The third kappa shape index (κ3) is 6.12. The first kappa shape index (κ1) is 35.7. The van der Waals surface area contributed by atoms with E-state index in [9.17, 15) is 0 Å². The highest BCUT2D eigenvalue weighted by molar-refractivity contribution is 6.22. The summed E-state index contributed by atoms with van der Waals surface area (Å²) in [7, 11) is 0. The lowest BCUT2D eigenvalue weighted by Crippen LogP contribution is -2.10. The summed E-state index contributed by atoms with van der Waals surface area (Å²) >= 11 is 0. The maximum absolute atomic E-state index is 6.47. The van der Waals surface area contributed by atoms with E-state index in [-0.39, 0.29) is 0 Å². The van der Waals surface area contributed by atoms with Crippen molar-refractivity contribution < 1.29 is 4.42 Å². The molecular formula is C60H39NO. The van der Waals surface area contributed by atoms with Gasteiger partial charge in [0.2, 0.25) is 0 Å². The minimum absolute atomic E-state index is 0.863. The maximum Gasteiger partial charge on any atom is 0.137 e. The summed E-state index contributed by atoms with van der Waals surface area (Å²) < 4.78 is 6.47. The topological polar surface area (TPSA) is 16.4 Å². The van der Waals surface area contributed by atoms with Crippen LogP contribution < -0.4 is 4.90 Å². The Morgan fingerprint density at radius 3 is 1.50 bits per heavy atom. The Morgan fingerprint density at radius 1 is 0.242 bits per heavy atom. The van der Waals surface area contributed by atoms with Gasteiger partial charge in [0.15, 0.2) is 0 Å². The fraction of sp³-hybridized carbons (Fsp3) is 0. The number of para-hydroxylation sites is 1. The van der Waals surface area contributed by atoms with Crippen molar-refractivity contribution in [2.45, 2.75) is 0 Å². The third-order valence-electron chi connectivity index (χ3n) is 12.4. The molecule has 2 heteroatoms. The molecule has 0 aliphatic heterocycles. The van der Waals surface area contributed by atoms with Crippen LogP contribution in [0, 0.1) is 0 Å². The lowest BCUT2D eigenvalue weighted by Gasteiger charge is -2.26. The molecule has 0 radical (unpaired) electrons. The Morgan fingerprint density at radius 2 is 0.726 bits per heavy atom. The monoisotopic (exact) mass is 789 g/mol. The van der Waals surface area contributed by atoms with Crippen LogP contribution in [0.15, 0.2) is 241 Å². The highest BCUT2D eigenvalue weighted by Crippen LogP contribution is 2.46. The molecular weight excluding hydrogens is 751 g/mol. The van der Waals surface area contributed by atoms with Crippen LogP contribution in [0.25, 0.3) is 98.8 Å². The zero-order chi connectivity index (χ0) is 41.0. The van der Waals surface area contributed by atoms with Gasteiger partial charge in [0.05, 0.1) is 0 Å². The molecule has 0 saturated heterocycles. The van der Waals surface area contributed by atoms with E-state index in [4.69, 9.17) is 4.42 Å². The van der Waals surface area contributed by atoms with Gasteiger partial charge in [-0.2, -0.15) is 0 Å². The molecule has 0 spiro atoms. The van der Waals surface area contributed by atoms with E-state index in [1.54, 1.807) is 0 Å². The number of anilines is 3.